The second-order valence-corrected chi connectivity index (χ2v) is 6.69. The van der Waals surface area contributed by atoms with E-state index in [2.05, 4.69) is 0 Å². The van der Waals surface area contributed by atoms with Gasteiger partial charge in [0, 0.05) is 18.5 Å². The van der Waals surface area contributed by atoms with Gasteiger partial charge in [0.1, 0.15) is 0 Å². The number of nitrogens with zero attached hydrogens (tertiary/aromatic N) is 1. The predicted octanol–water partition coefficient (Wildman–Crippen LogP) is 3.30. The number of halogens is 2. The second-order valence-electron chi connectivity index (χ2n) is 6.69. The number of carbonyl (C=O) groups excluding carboxylic acids is 3. The molecule has 2 aromatic carbocycles. The Morgan fingerprint density at radius 1 is 1.14 bits per heavy atom. The number of benzene rings is 2. The van der Waals surface area contributed by atoms with Gasteiger partial charge in [-0.2, -0.15) is 0 Å². The minimum atomic E-state index is -1.15. The monoisotopic (exact) mass is 387 g/mol. The first-order chi connectivity index (χ1) is 13.4. The molecule has 0 aromatic heterocycles. The van der Waals surface area contributed by atoms with E-state index < -0.39 is 35.9 Å². The number of esters is 1. The van der Waals surface area contributed by atoms with Crippen molar-refractivity contribution >= 4 is 17.7 Å². The van der Waals surface area contributed by atoms with Gasteiger partial charge in [0.05, 0.1) is 12.0 Å². The van der Waals surface area contributed by atoms with Crippen molar-refractivity contribution < 1.29 is 27.9 Å². The molecule has 2 atom stereocenters. The van der Waals surface area contributed by atoms with E-state index in [1.807, 2.05) is 37.3 Å². The van der Waals surface area contributed by atoms with Crippen molar-refractivity contribution in [3.05, 3.63) is 71.3 Å². The summed E-state index contributed by atoms with van der Waals surface area (Å²) >= 11 is 0. The minimum absolute atomic E-state index is 0.00930. The Kier molecular flexibility index (Phi) is 5.82. The number of ketones is 1. The fourth-order valence-corrected chi connectivity index (χ4v) is 3.18. The van der Waals surface area contributed by atoms with E-state index >= 15 is 0 Å². The van der Waals surface area contributed by atoms with Crippen molar-refractivity contribution in [3.63, 3.8) is 0 Å². The van der Waals surface area contributed by atoms with Crippen molar-refractivity contribution in [2.45, 2.75) is 19.4 Å². The molecule has 1 saturated heterocycles. The molecule has 0 aliphatic carbocycles. The van der Waals surface area contributed by atoms with Gasteiger partial charge >= 0.3 is 5.97 Å². The molecule has 0 saturated carbocycles. The van der Waals surface area contributed by atoms with Crippen LogP contribution in [0.2, 0.25) is 0 Å². The molecule has 0 spiro atoms. The molecule has 0 unspecified atom stereocenters. The van der Waals surface area contributed by atoms with E-state index in [4.69, 9.17) is 4.74 Å². The van der Waals surface area contributed by atoms with Gasteiger partial charge in [-0.15, -0.1) is 0 Å². The standard InChI is InChI=1S/C21H19F2NO4/c1-13(14-5-3-2-4-6-14)24-11-16(10-20(24)26)21(27)28-12-19(25)15-7-8-17(22)18(23)9-15/h2-9,13,16H,10-12H2,1H3/t13-,16+/m0/s1. The molecule has 0 bridgehead atoms. The summed E-state index contributed by atoms with van der Waals surface area (Å²) in [5.74, 6) is -4.35. The molecule has 28 heavy (non-hydrogen) atoms. The summed E-state index contributed by atoms with van der Waals surface area (Å²) in [7, 11) is 0. The van der Waals surface area contributed by atoms with E-state index in [0.717, 1.165) is 23.8 Å². The van der Waals surface area contributed by atoms with Crippen LogP contribution in [-0.4, -0.2) is 35.7 Å². The first kappa shape index (κ1) is 19.7. The summed E-state index contributed by atoms with van der Waals surface area (Å²) in [6, 6.07) is 12.0. The van der Waals surface area contributed by atoms with Crippen LogP contribution in [-0.2, 0) is 14.3 Å². The zero-order valence-corrected chi connectivity index (χ0v) is 15.2. The Labute approximate surface area is 160 Å². The fourth-order valence-electron chi connectivity index (χ4n) is 3.18. The Balaban J connectivity index is 1.57. The highest BCUT2D eigenvalue weighted by Crippen LogP contribution is 2.29. The largest absolute Gasteiger partial charge is 0.457 e. The highest BCUT2D eigenvalue weighted by atomic mass is 19.2. The molecule has 1 heterocycles. The van der Waals surface area contributed by atoms with E-state index in [0.29, 0.717) is 0 Å². The van der Waals surface area contributed by atoms with Gasteiger partial charge < -0.3 is 9.64 Å². The molecular formula is C21H19F2NO4. The molecule has 1 aliphatic heterocycles. The van der Waals surface area contributed by atoms with Crippen LogP contribution >= 0.6 is 0 Å². The highest BCUT2D eigenvalue weighted by Gasteiger charge is 2.38. The zero-order chi connectivity index (χ0) is 20.3. The molecule has 1 amide bonds. The topological polar surface area (TPSA) is 63.7 Å². The molecule has 2 aromatic rings. The van der Waals surface area contributed by atoms with Crippen LogP contribution in [0.1, 0.15) is 35.3 Å². The Morgan fingerprint density at radius 2 is 1.86 bits per heavy atom. The molecule has 1 fully saturated rings. The van der Waals surface area contributed by atoms with E-state index in [-0.39, 0.29) is 30.5 Å². The molecule has 3 rings (SSSR count). The number of amides is 1. The van der Waals surface area contributed by atoms with Gasteiger partial charge in [-0.05, 0) is 30.7 Å². The first-order valence-corrected chi connectivity index (χ1v) is 8.86. The van der Waals surface area contributed by atoms with Crippen molar-refractivity contribution in [2.24, 2.45) is 5.92 Å². The molecule has 146 valence electrons. The molecule has 0 radical (unpaired) electrons. The normalized spacial score (nSPS) is 17.5. The Hall–Kier alpha value is -3.09. The van der Waals surface area contributed by atoms with Gasteiger partial charge in [-0.3, -0.25) is 14.4 Å². The summed E-state index contributed by atoms with van der Waals surface area (Å²) in [5, 5.41) is 0. The molecule has 1 aliphatic rings. The number of rotatable bonds is 6. The summed E-state index contributed by atoms with van der Waals surface area (Å²) in [6.45, 7) is 1.49. The predicted molar refractivity (Wildman–Crippen MR) is 96.3 cm³/mol. The quantitative estimate of drug-likeness (QED) is 0.564. The minimum Gasteiger partial charge on any atom is -0.457 e. The van der Waals surface area contributed by atoms with Crippen LogP contribution in [0, 0.1) is 17.6 Å². The van der Waals surface area contributed by atoms with Gasteiger partial charge in [0.25, 0.3) is 0 Å². The fraction of sp³-hybridized carbons (Fsp3) is 0.286. The van der Waals surface area contributed by atoms with Gasteiger partial charge in [-0.25, -0.2) is 8.78 Å². The maximum atomic E-state index is 13.2. The number of ether oxygens (including phenoxy) is 1. The molecule has 5 nitrogen and oxygen atoms in total. The third-order valence-electron chi connectivity index (χ3n) is 4.83. The average Bonchev–Trinajstić information content (AvgIpc) is 3.09. The van der Waals surface area contributed by atoms with Gasteiger partial charge in [-0.1, -0.05) is 30.3 Å². The van der Waals surface area contributed by atoms with Gasteiger partial charge in [0.2, 0.25) is 5.91 Å². The molecule has 7 heteroatoms. The maximum absolute atomic E-state index is 13.2. The van der Waals surface area contributed by atoms with Crippen LogP contribution in [0.25, 0.3) is 0 Å². The Morgan fingerprint density at radius 3 is 2.54 bits per heavy atom. The van der Waals surface area contributed by atoms with E-state index in [1.165, 1.54) is 0 Å². The number of hydrogen-bond acceptors (Lipinski definition) is 4. The van der Waals surface area contributed by atoms with Crippen LogP contribution in [0.4, 0.5) is 8.78 Å². The third-order valence-corrected chi connectivity index (χ3v) is 4.83. The smallest absolute Gasteiger partial charge is 0.311 e. The molecule has 0 N–H and O–H groups in total. The number of likely N-dealkylation sites (tertiary alicyclic amines) is 1. The van der Waals surface area contributed by atoms with Crippen molar-refractivity contribution in [1.82, 2.24) is 4.90 Å². The number of Topliss-reactive ketones (excluding diaryl/α,β-unsaturated/α-hetero) is 1. The first-order valence-electron chi connectivity index (χ1n) is 8.86. The third kappa shape index (κ3) is 4.24. The van der Waals surface area contributed by atoms with Crippen molar-refractivity contribution in [2.75, 3.05) is 13.2 Å². The SMILES string of the molecule is C[C@@H](c1ccccc1)N1C[C@H](C(=O)OCC(=O)c2ccc(F)c(F)c2)CC1=O. The number of carbonyl (C=O) groups is 3. The van der Waals surface area contributed by atoms with Gasteiger partial charge in [0.15, 0.2) is 24.0 Å². The summed E-state index contributed by atoms with van der Waals surface area (Å²) in [4.78, 5) is 38.2. The zero-order valence-electron chi connectivity index (χ0n) is 15.2. The highest BCUT2D eigenvalue weighted by molar-refractivity contribution is 5.98. The van der Waals surface area contributed by atoms with Crippen LogP contribution < -0.4 is 0 Å². The molecular weight excluding hydrogens is 368 g/mol. The van der Waals surface area contributed by atoms with Crippen molar-refractivity contribution in [1.29, 1.82) is 0 Å². The van der Waals surface area contributed by atoms with E-state index in [1.54, 1.807) is 4.90 Å². The summed E-state index contributed by atoms with van der Waals surface area (Å²) < 4.78 is 31.2. The maximum Gasteiger partial charge on any atom is 0.311 e. The lowest BCUT2D eigenvalue weighted by Crippen LogP contribution is -2.30. The summed E-state index contributed by atoms with van der Waals surface area (Å²) in [5.41, 5.74) is 0.868. The lowest BCUT2D eigenvalue weighted by Gasteiger charge is -2.25. The van der Waals surface area contributed by atoms with Crippen LogP contribution in [0.3, 0.4) is 0 Å². The Bertz CT molecular complexity index is 901. The van der Waals surface area contributed by atoms with Crippen LogP contribution in [0.5, 0.6) is 0 Å². The lowest BCUT2D eigenvalue weighted by molar-refractivity contribution is -0.147. The average molecular weight is 387 g/mol. The second kappa shape index (κ2) is 8.29. The van der Waals surface area contributed by atoms with E-state index in [9.17, 15) is 23.2 Å². The number of hydrogen-bond donors (Lipinski definition) is 0. The van der Waals surface area contributed by atoms with Crippen molar-refractivity contribution in [3.8, 4) is 0 Å². The summed E-state index contributed by atoms with van der Waals surface area (Å²) in [6.07, 6.45) is 0.00930. The van der Waals surface area contributed by atoms with Crippen LogP contribution in [0.15, 0.2) is 48.5 Å². The lowest BCUT2D eigenvalue weighted by atomic mass is 10.1.